The summed E-state index contributed by atoms with van der Waals surface area (Å²) in [4.78, 5) is 19.0. The number of hydrogen-bond acceptors (Lipinski definition) is 2. The van der Waals surface area contributed by atoms with E-state index < -0.39 is 0 Å². The average Bonchev–Trinajstić information content (AvgIpc) is 2.69. The third-order valence-corrected chi connectivity index (χ3v) is 3.68. The summed E-state index contributed by atoms with van der Waals surface area (Å²) < 4.78 is 0. The molecule has 17 heavy (non-hydrogen) atoms. The number of aromatic nitrogens is 2. The van der Waals surface area contributed by atoms with Crippen molar-refractivity contribution in [2.45, 2.75) is 64.7 Å². The van der Waals surface area contributed by atoms with Crippen LogP contribution in [0.3, 0.4) is 0 Å². The highest BCUT2D eigenvalue weighted by atomic mass is 16.1. The zero-order chi connectivity index (χ0) is 12.3. The number of carbonyl (C=O) groups is 1. The predicted molar refractivity (Wildman–Crippen MR) is 68.2 cm³/mol. The monoisotopic (exact) mass is 234 g/mol. The summed E-state index contributed by atoms with van der Waals surface area (Å²) in [6.45, 7) is 3.74. The Morgan fingerprint density at radius 1 is 1.35 bits per heavy atom. The van der Waals surface area contributed by atoms with Crippen LogP contribution in [0.4, 0.5) is 0 Å². The van der Waals surface area contributed by atoms with E-state index in [1.165, 1.54) is 43.5 Å². The molecule has 0 aromatic carbocycles. The van der Waals surface area contributed by atoms with Crippen LogP contribution in [-0.2, 0) is 11.2 Å². The molecule has 0 radical (unpaired) electrons. The zero-order valence-electron chi connectivity index (χ0n) is 10.9. The predicted octanol–water partition coefficient (Wildman–Crippen LogP) is 3.29. The number of imidazole rings is 1. The van der Waals surface area contributed by atoms with Gasteiger partial charge in [-0.25, -0.2) is 4.98 Å². The Balaban J connectivity index is 2.04. The highest BCUT2D eigenvalue weighted by molar-refractivity contribution is 5.75. The third kappa shape index (κ3) is 3.18. The molecule has 1 aromatic heterocycles. The van der Waals surface area contributed by atoms with Gasteiger partial charge in [-0.1, -0.05) is 19.3 Å². The Morgan fingerprint density at radius 2 is 2.06 bits per heavy atom. The molecule has 0 saturated heterocycles. The van der Waals surface area contributed by atoms with Crippen LogP contribution in [0.1, 0.15) is 68.6 Å². The Hall–Kier alpha value is -1.12. The first-order valence-electron chi connectivity index (χ1n) is 6.71. The molecule has 1 aromatic rings. The van der Waals surface area contributed by atoms with Gasteiger partial charge in [0.25, 0.3) is 0 Å². The molecule has 1 N–H and O–H groups in total. The van der Waals surface area contributed by atoms with E-state index >= 15 is 0 Å². The van der Waals surface area contributed by atoms with Crippen molar-refractivity contribution < 1.29 is 4.79 Å². The molecule has 0 aliphatic heterocycles. The van der Waals surface area contributed by atoms with Crippen LogP contribution in [0.25, 0.3) is 0 Å². The normalized spacial score (nSPS) is 17.3. The molecule has 0 atom stereocenters. The van der Waals surface area contributed by atoms with Gasteiger partial charge in [-0.05, 0) is 26.7 Å². The minimum absolute atomic E-state index is 0.235. The first-order chi connectivity index (χ1) is 8.16. The minimum atomic E-state index is 0.235. The van der Waals surface area contributed by atoms with E-state index in [-0.39, 0.29) is 5.78 Å². The molecule has 0 amide bonds. The molecule has 0 unspecified atom stereocenters. The maximum absolute atomic E-state index is 11.0. The number of hydrogen-bond donors (Lipinski definition) is 1. The average molecular weight is 234 g/mol. The molecule has 1 aliphatic carbocycles. The standard InChI is InChI=1S/C14H22N2O/c1-10(17)8-9-13-15-11(2)14(16-13)12-6-4-3-5-7-12/h12H,3-9H2,1-2H3,(H,15,16). The van der Waals surface area contributed by atoms with E-state index in [4.69, 9.17) is 4.98 Å². The number of carbonyl (C=O) groups excluding carboxylic acids is 1. The lowest BCUT2D eigenvalue weighted by Crippen LogP contribution is -2.06. The molecule has 3 heteroatoms. The second-order valence-electron chi connectivity index (χ2n) is 5.23. The van der Waals surface area contributed by atoms with Gasteiger partial charge >= 0.3 is 0 Å². The van der Waals surface area contributed by atoms with Gasteiger partial charge in [0.15, 0.2) is 0 Å². The molecule has 94 valence electrons. The van der Waals surface area contributed by atoms with Crippen molar-refractivity contribution >= 4 is 5.78 Å². The van der Waals surface area contributed by atoms with Gasteiger partial charge in [0.05, 0.1) is 5.69 Å². The Kier molecular flexibility index (Phi) is 3.97. The van der Waals surface area contributed by atoms with E-state index in [1.54, 1.807) is 6.92 Å². The maximum atomic E-state index is 11.0. The van der Waals surface area contributed by atoms with Crippen molar-refractivity contribution in [3.8, 4) is 0 Å². The summed E-state index contributed by atoms with van der Waals surface area (Å²) in [5.41, 5.74) is 2.46. The summed E-state index contributed by atoms with van der Waals surface area (Å²) in [5.74, 6) is 1.86. The Morgan fingerprint density at radius 3 is 2.71 bits per heavy atom. The van der Waals surface area contributed by atoms with E-state index in [0.29, 0.717) is 12.3 Å². The number of aromatic amines is 1. The first kappa shape index (κ1) is 12.3. The molecule has 1 aliphatic rings. The Labute approximate surface area is 103 Å². The van der Waals surface area contributed by atoms with Crippen molar-refractivity contribution in [1.29, 1.82) is 0 Å². The number of Topliss-reactive ketones (excluding diaryl/α,β-unsaturated/α-hetero) is 1. The van der Waals surface area contributed by atoms with Gasteiger partial charge in [-0.2, -0.15) is 0 Å². The number of nitrogens with one attached hydrogen (secondary N) is 1. The molecular weight excluding hydrogens is 212 g/mol. The Bertz CT molecular complexity index is 389. The maximum Gasteiger partial charge on any atom is 0.130 e. The lowest BCUT2D eigenvalue weighted by atomic mass is 9.86. The number of rotatable bonds is 4. The van der Waals surface area contributed by atoms with Crippen molar-refractivity contribution in [3.05, 3.63) is 17.2 Å². The van der Waals surface area contributed by atoms with Gasteiger partial charge in [0.2, 0.25) is 0 Å². The quantitative estimate of drug-likeness (QED) is 0.869. The van der Waals surface area contributed by atoms with Crippen molar-refractivity contribution in [2.24, 2.45) is 0 Å². The van der Waals surface area contributed by atoms with Crippen molar-refractivity contribution in [2.75, 3.05) is 0 Å². The highest BCUT2D eigenvalue weighted by Crippen LogP contribution is 2.33. The lowest BCUT2D eigenvalue weighted by Gasteiger charge is -2.20. The van der Waals surface area contributed by atoms with Crippen LogP contribution < -0.4 is 0 Å². The molecule has 1 fully saturated rings. The SMILES string of the molecule is CC(=O)CCc1nc(C2CCCCC2)c(C)[nH]1. The van der Waals surface area contributed by atoms with Gasteiger partial charge in [-0.15, -0.1) is 0 Å². The number of ketones is 1. The zero-order valence-corrected chi connectivity index (χ0v) is 10.9. The molecular formula is C14H22N2O. The second-order valence-corrected chi connectivity index (χ2v) is 5.23. The van der Waals surface area contributed by atoms with Crippen LogP contribution in [0, 0.1) is 6.92 Å². The molecule has 1 saturated carbocycles. The van der Waals surface area contributed by atoms with Crippen molar-refractivity contribution in [1.82, 2.24) is 9.97 Å². The van der Waals surface area contributed by atoms with E-state index in [2.05, 4.69) is 11.9 Å². The second kappa shape index (κ2) is 5.48. The summed E-state index contributed by atoms with van der Waals surface area (Å²) in [6, 6.07) is 0. The topological polar surface area (TPSA) is 45.8 Å². The molecule has 3 nitrogen and oxygen atoms in total. The fourth-order valence-corrected chi connectivity index (χ4v) is 2.72. The first-order valence-corrected chi connectivity index (χ1v) is 6.71. The molecule has 0 spiro atoms. The molecule has 2 rings (SSSR count). The molecule has 0 bridgehead atoms. The van der Waals surface area contributed by atoms with Crippen LogP contribution in [-0.4, -0.2) is 15.8 Å². The fourth-order valence-electron chi connectivity index (χ4n) is 2.72. The molecule has 1 heterocycles. The number of H-pyrrole nitrogens is 1. The number of nitrogens with zero attached hydrogens (tertiary/aromatic N) is 1. The van der Waals surface area contributed by atoms with E-state index in [1.807, 2.05) is 0 Å². The van der Waals surface area contributed by atoms with Gasteiger partial charge in [0.1, 0.15) is 11.6 Å². The third-order valence-electron chi connectivity index (χ3n) is 3.68. The largest absolute Gasteiger partial charge is 0.346 e. The fraction of sp³-hybridized carbons (Fsp3) is 0.714. The lowest BCUT2D eigenvalue weighted by molar-refractivity contribution is -0.117. The van der Waals surface area contributed by atoms with Gasteiger partial charge in [0, 0.05) is 24.5 Å². The smallest absolute Gasteiger partial charge is 0.130 e. The number of aryl methyl sites for hydroxylation is 2. The van der Waals surface area contributed by atoms with Crippen LogP contribution in [0.15, 0.2) is 0 Å². The summed E-state index contributed by atoms with van der Waals surface area (Å²) in [7, 11) is 0. The van der Waals surface area contributed by atoms with Crippen molar-refractivity contribution in [3.63, 3.8) is 0 Å². The summed E-state index contributed by atoms with van der Waals surface area (Å²) in [6.07, 6.45) is 7.94. The van der Waals surface area contributed by atoms with E-state index in [9.17, 15) is 4.79 Å². The summed E-state index contributed by atoms with van der Waals surface area (Å²) in [5, 5.41) is 0. The van der Waals surface area contributed by atoms with Crippen LogP contribution in [0.2, 0.25) is 0 Å². The highest BCUT2D eigenvalue weighted by Gasteiger charge is 2.20. The summed E-state index contributed by atoms with van der Waals surface area (Å²) >= 11 is 0. The van der Waals surface area contributed by atoms with Gasteiger partial charge < -0.3 is 9.78 Å². The van der Waals surface area contributed by atoms with E-state index in [0.717, 1.165) is 12.2 Å². The van der Waals surface area contributed by atoms with Crippen LogP contribution >= 0.6 is 0 Å². The van der Waals surface area contributed by atoms with Crippen LogP contribution in [0.5, 0.6) is 0 Å². The van der Waals surface area contributed by atoms with Gasteiger partial charge in [-0.3, -0.25) is 0 Å². The minimum Gasteiger partial charge on any atom is -0.346 e.